The number of rotatable bonds is 20. The van der Waals surface area contributed by atoms with Crippen LogP contribution in [0.2, 0.25) is 5.02 Å². The number of unbranched alkanes of at least 4 members (excludes halogenated alkanes) is 4. The van der Waals surface area contributed by atoms with Crippen LogP contribution in [0.3, 0.4) is 0 Å². The summed E-state index contributed by atoms with van der Waals surface area (Å²) in [6, 6.07) is -1.56. The molecule has 714 valence electrons. The van der Waals surface area contributed by atoms with Crippen molar-refractivity contribution in [2.45, 2.75) is 218 Å². The van der Waals surface area contributed by atoms with Crippen LogP contribution >= 0.6 is 23.2 Å². The van der Waals surface area contributed by atoms with Gasteiger partial charge in [0.25, 0.3) is 0 Å². The zero-order chi connectivity index (χ0) is 95.6. The van der Waals surface area contributed by atoms with Gasteiger partial charge in [-0.1, -0.05) is 86.5 Å². The Balaban J connectivity index is 1.08. The maximum atomic E-state index is 14.3. The number of aliphatic imine (C=N–C) groups is 8. The maximum absolute atomic E-state index is 14.3. The Morgan fingerprint density at radius 1 is 0.564 bits per heavy atom. The second-order valence-corrected chi connectivity index (χ2v) is 34.2. The molecular weight excluding hydrogens is 1790 g/mol. The van der Waals surface area contributed by atoms with Gasteiger partial charge in [-0.3, -0.25) is 0 Å². The average molecular weight is 1900 g/mol. The van der Waals surface area contributed by atoms with Crippen LogP contribution in [0.15, 0.2) is 160 Å². The van der Waals surface area contributed by atoms with E-state index in [0.717, 1.165) is 93.3 Å². The fourth-order valence-electron chi connectivity index (χ4n) is 16.9. The van der Waals surface area contributed by atoms with Gasteiger partial charge in [-0.05, 0) is 120 Å². The van der Waals surface area contributed by atoms with Crippen LogP contribution in [0.4, 0.5) is 0 Å². The first-order valence-corrected chi connectivity index (χ1v) is 43.2. The number of aromatic hydroxyl groups is 4. The number of carbonyl (C=O) groups is 1. The standard InChI is InChI=1S/C89H101Cl2N9O33/c1-3-4-5-6-7-8-42(105)30-62(110)95-69-57(26-41(31-101)72(111)75(69)114)129-80-58-24-40-25-59(80)128-54-16-12-38(22-49(54)91)79(133-88-70(93-34(2)104)76(115)73(112)60(32-102)131-88)71-86(123)99-68(87(124)125)47-28-44(107)29-56(130-89-78(117)77(116)74(113)61(33-103)132-89)63(47)46-21-37(11-13-51(46)108)65(83(120)100-71)97-85(122)67(40)98-84(121)66-39-19-43(106)27-45(20-39)126-55-23-36(10-14-52(55)109)64(92)82(119)94-50(81(118)96-66)18-35-9-15-53(127-58)48(90)17-35/h9-17,19-21,23-25,27-29,38,41-42,50,57,60-61,64-79,88-89,101-103,105-109,111-117H,3-8,18,22,26,30-33,92H2,1-2H3,(H,93,104)(H,94,119)(H,95,110)(H,96,118)(H,97,122)(H,98,121)(H,99,123)(H,100,120)(H,124,125). The van der Waals surface area contributed by atoms with Gasteiger partial charge >= 0.3 is 5.97 Å². The summed E-state index contributed by atoms with van der Waals surface area (Å²) in [5.41, 5.74) is 3.58. The Hall–Kier alpha value is -11.8. The van der Waals surface area contributed by atoms with E-state index in [1.54, 1.807) is 0 Å². The molecule has 133 heavy (non-hydrogen) atoms. The Morgan fingerprint density at radius 3 is 1.87 bits per heavy atom. The minimum atomic E-state index is -2.61. The number of carboxylic acid groups (broad SMARTS) is 1. The molecular formula is C89H101Cl2N9O33. The number of nitrogens with two attached hydrogens (primary N) is 1. The fourth-order valence-corrected chi connectivity index (χ4v) is 17.5. The minimum Gasteiger partial charge on any atom is -0.508 e. The lowest BCUT2D eigenvalue weighted by molar-refractivity contribution is -0.281. The van der Waals surface area contributed by atoms with Crippen LogP contribution in [-0.4, -0.2) is 306 Å². The molecule has 0 aromatic heterocycles. The number of aliphatic carboxylic acids is 1. The van der Waals surface area contributed by atoms with Gasteiger partial charge in [0.1, 0.15) is 119 Å². The Morgan fingerprint density at radius 2 is 1.20 bits per heavy atom. The Labute approximate surface area is 766 Å². The number of benzene rings is 6. The quantitative estimate of drug-likeness (QED) is 0.0212. The number of allylic oxidation sites excluding steroid dienone is 2. The molecule has 42 nitrogen and oxygen atoms in total. The van der Waals surface area contributed by atoms with Gasteiger partial charge in [0.15, 0.2) is 71.3 Å². The molecule has 3 fully saturated rings. The van der Waals surface area contributed by atoms with Gasteiger partial charge in [-0.2, -0.15) is 0 Å². The molecule has 2 aliphatic carbocycles. The van der Waals surface area contributed by atoms with Crippen LogP contribution in [0.5, 0.6) is 63.2 Å². The molecule has 25 atom stereocenters. The molecule has 8 heterocycles. The Bertz CT molecular complexity index is 5630. The highest BCUT2D eigenvalue weighted by molar-refractivity contribution is 6.32. The van der Waals surface area contributed by atoms with E-state index in [1.807, 2.05) is 6.92 Å². The highest BCUT2D eigenvalue weighted by atomic mass is 35.5. The van der Waals surface area contributed by atoms with E-state index in [0.29, 0.717) is 6.42 Å². The molecule has 6 aromatic carbocycles. The largest absolute Gasteiger partial charge is 0.508 e. The number of phenolic OH excluding ortho intramolecular Hbond substituents is 4. The first-order valence-electron chi connectivity index (χ1n) is 42.5. The molecule has 17 bridgehead atoms. The van der Waals surface area contributed by atoms with Crippen molar-refractivity contribution in [1.29, 1.82) is 0 Å². The normalized spacial score (nSPS) is 30.6. The van der Waals surface area contributed by atoms with E-state index >= 15 is 0 Å². The van der Waals surface area contributed by atoms with Crippen molar-refractivity contribution in [3.8, 4) is 74.4 Å². The van der Waals surface area contributed by atoms with E-state index in [-0.39, 0.29) is 50.4 Å². The molecule has 6 aromatic rings. The summed E-state index contributed by atoms with van der Waals surface area (Å²) >= 11 is 14.9. The highest BCUT2D eigenvalue weighted by Gasteiger charge is 2.52. The molecule has 0 spiro atoms. The van der Waals surface area contributed by atoms with E-state index < -0.39 is 330 Å². The number of hydrogen-bond donors (Lipinski definition) is 25. The maximum Gasteiger partial charge on any atom is 0.333 e. The van der Waals surface area contributed by atoms with Crippen molar-refractivity contribution in [2.24, 2.45) is 57.5 Å². The van der Waals surface area contributed by atoms with Gasteiger partial charge in [-0.15, -0.1) is 0 Å². The second-order valence-electron chi connectivity index (χ2n) is 33.3. The lowest BCUT2D eigenvalue weighted by atomic mass is 9.80. The zero-order valence-corrected chi connectivity index (χ0v) is 72.3. The number of hydrogen-bond acceptors (Lipinski definition) is 33. The molecule has 0 amide bonds. The van der Waals surface area contributed by atoms with Crippen LogP contribution in [0, 0.1) is 11.8 Å². The molecule has 8 aliphatic heterocycles. The highest BCUT2D eigenvalue weighted by Crippen LogP contribution is 2.52. The number of fused-ring (bicyclic) bond motifs is 11. The first kappa shape index (κ1) is 97.2. The Kier molecular flexibility index (Phi) is 30.2. The van der Waals surface area contributed by atoms with Gasteiger partial charge in [-0.25, -0.2) is 44.7 Å². The molecule has 44 heteroatoms. The molecule has 26 N–H and O–H groups in total. The smallest absolute Gasteiger partial charge is 0.333 e. The van der Waals surface area contributed by atoms with Crippen LogP contribution < -0.4 is 29.4 Å². The van der Waals surface area contributed by atoms with E-state index in [2.05, 4.69) is 30.0 Å². The number of aliphatic hydroxyl groups excluding tert-OH is 19. The number of ether oxygens (including phenoxy) is 8. The van der Waals surface area contributed by atoms with Crippen molar-refractivity contribution in [3.05, 3.63) is 158 Å². The van der Waals surface area contributed by atoms with Crippen molar-refractivity contribution in [1.82, 2.24) is 0 Å². The summed E-state index contributed by atoms with van der Waals surface area (Å²) in [6.45, 7) is 0.186. The summed E-state index contributed by atoms with van der Waals surface area (Å²) in [4.78, 5) is 50.2. The van der Waals surface area contributed by atoms with Gasteiger partial charge in [0.2, 0.25) is 47.4 Å². The predicted octanol–water partition coefficient (Wildman–Crippen LogP) is 6.81. The van der Waals surface area contributed by atoms with E-state index in [4.69, 9.17) is 76.8 Å². The van der Waals surface area contributed by atoms with Crippen molar-refractivity contribution < 1.29 is 165 Å². The minimum absolute atomic E-state index is 0.0826. The lowest BCUT2D eigenvalue weighted by Crippen LogP contribution is -2.60. The monoisotopic (exact) mass is 1890 g/mol. The summed E-state index contributed by atoms with van der Waals surface area (Å²) in [5, 5.41) is 284. The number of carboxylic acids is 1. The number of nitrogens with zero attached hydrogens (tertiary/aromatic N) is 8. The molecule has 25 unspecified atom stereocenters. The van der Waals surface area contributed by atoms with Crippen molar-refractivity contribution in [3.63, 3.8) is 0 Å². The zero-order valence-electron chi connectivity index (χ0n) is 70.8. The second kappa shape index (κ2) is 41.4. The van der Waals surface area contributed by atoms with Gasteiger partial charge in [0, 0.05) is 67.0 Å². The van der Waals surface area contributed by atoms with Crippen LogP contribution in [0.1, 0.15) is 135 Å². The topological polar surface area (TPSA) is 701 Å². The third-order valence-corrected chi connectivity index (χ3v) is 24.5. The molecule has 2 saturated heterocycles. The predicted molar refractivity (Wildman–Crippen MR) is 473 cm³/mol. The molecule has 16 rings (SSSR count). The summed E-state index contributed by atoms with van der Waals surface area (Å²) in [5.74, 6) is -20.6. The van der Waals surface area contributed by atoms with Crippen LogP contribution in [-0.2, 0) is 25.4 Å². The number of halogens is 2. The van der Waals surface area contributed by atoms with Gasteiger partial charge in [0.05, 0.1) is 41.6 Å². The SMILES string of the molecule is CCCCCCCC(O)CC(O)=NC1C(Oc2c3cc4cc2Oc2ccc(cc2Cl)CC2N=C(O)C(N)c5ccc(O)c(c5)Oc5cc(O)cc(c5)C(N=C2O)C(O)=NC4C(O)=NC2C(O)=NC(C(O)=NC(C(=O)O)c4cc(O)cc(OC5OC(CO)C(O)C(O)C5O)c4-c4cc2ccc4O)C(OC2OC(CO)C(O)C(O)C2N=C(C)O)C2C=CC(=C(Cl)C2)O3)CC(CO)C(O)C1O. The molecule has 10 aliphatic rings. The average Bonchev–Trinajstić information content (AvgIpc) is 0.762. The third-order valence-electron chi connectivity index (χ3n) is 23.9. The van der Waals surface area contributed by atoms with Crippen LogP contribution in [0.25, 0.3) is 11.1 Å². The lowest BCUT2D eigenvalue weighted by Gasteiger charge is -2.43. The summed E-state index contributed by atoms with van der Waals surface area (Å²) < 4.78 is 51.8. The van der Waals surface area contributed by atoms with E-state index in [9.17, 15) is 127 Å². The number of phenols is 4. The number of aliphatic hydroxyl groups is 19. The van der Waals surface area contributed by atoms with Crippen molar-refractivity contribution in [2.75, 3.05) is 19.8 Å². The fraction of sp³-hybridized carbons (Fsp3) is 0.449. The summed E-state index contributed by atoms with van der Waals surface area (Å²) in [7, 11) is 0. The van der Waals surface area contributed by atoms with Crippen molar-refractivity contribution >= 4 is 76.4 Å². The van der Waals surface area contributed by atoms with Gasteiger partial charge < -0.3 is 166 Å². The third kappa shape index (κ3) is 21.2. The summed E-state index contributed by atoms with van der Waals surface area (Å²) in [6.07, 6.45) is -22.4. The first-order chi connectivity index (χ1) is 63.4. The van der Waals surface area contributed by atoms with E-state index in [1.165, 1.54) is 48.6 Å². The molecule has 0 radical (unpaired) electrons. The molecule has 1 saturated carbocycles.